The minimum Gasteiger partial charge on any atom is -0.362 e. The SMILES string of the molecule is NNC(=S)NCCC1CCCC1. The average molecular weight is 187 g/mol. The molecule has 0 aromatic heterocycles. The number of hydrazine groups is 1. The molecule has 1 aliphatic rings. The highest BCUT2D eigenvalue weighted by Crippen LogP contribution is 2.26. The monoisotopic (exact) mass is 187 g/mol. The van der Waals surface area contributed by atoms with Crippen LogP contribution in [0.5, 0.6) is 0 Å². The van der Waals surface area contributed by atoms with Crippen LogP contribution in [0.25, 0.3) is 0 Å². The lowest BCUT2D eigenvalue weighted by Crippen LogP contribution is -2.40. The van der Waals surface area contributed by atoms with Crippen molar-refractivity contribution in [3.8, 4) is 0 Å². The smallest absolute Gasteiger partial charge is 0.180 e. The minimum absolute atomic E-state index is 0.549. The van der Waals surface area contributed by atoms with E-state index in [1.54, 1.807) is 0 Å². The van der Waals surface area contributed by atoms with E-state index in [0.717, 1.165) is 12.5 Å². The predicted molar refractivity (Wildman–Crippen MR) is 54.5 cm³/mol. The molecule has 0 amide bonds. The molecule has 0 spiro atoms. The molecule has 0 atom stereocenters. The maximum atomic E-state index is 5.11. The lowest BCUT2D eigenvalue weighted by Gasteiger charge is -2.10. The molecule has 0 aromatic rings. The zero-order valence-electron chi connectivity index (χ0n) is 7.31. The van der Waals surface area contributed by atoms with E-state index < -0.39 is 0 Å². The number of nitrogens with one attached hydrogen (secondary N) is 2. The summed E-state index contributed by atoms with van der Waals surface area (Å²) in [6, 6.07) is 0. The number of thiocarbonyl (C=S) groups is 1. The van der Waals surface area contributed by atoms with Gasteiger partial charge < -0.3 is 10.7 Å². The molecule has 1 aliphatic carbocycles. The fourth-order valence-electron chi connectivity index (χ4n) is 1.74. The fourth-order valence-corrected chi connectivity index (χ4v) is 1.84. The van der Waals surface area contributed by atoms with E-state index in [9.17, 15) is 0 Å². The third-order valence-electron chi connectivity index (χ3n) is 2.44. The van der Waals surface area contributed by atoms with Gasteiger partial charge in [0.05, 0.1) is 0 Å². The molecular weight excluding hydrogens is 170 g/mol. The van der Waals surface area contributed by atoms with Gasteiger partial charge in [-0.15, -0.1) is 0 Å². The summed E-state index contributed by atoms with van der Waals surface area (Å²) in [5.74, 6) is 6.03. The van der Waals surface area contributed by atoms with Crippen LogP contribution in [-0.2, 0) is 0 Å². The van der Waals surface area contributed by atoms with Crippen molar-refractivity contribution in [3.63, 3.8) is 0 Å². The Hall–Kier alpha value is -0.350. The van der Waals surface area contributed by atoms with Crippen LogP contribution < -0.4 is 16.6 Å². The van der Waals surface area contributed by atoms with Crippen molar-refractivity contribution < 1.29 is 0 Å². The van der Waals surface area contributed by atoms with E-state index in [-0.39, 0.29) is 0 Å². The molecule has 1 fully saturated rings. The van der Waals surface area contributed by atoms with Crippen molar-refractivity contribution in [2.24, 2.45) is 11.8 Å². The van der Waals surface area contributed by atoms with Gasteiger partial charge in [-0.05, 0) is 24.6 Å². The number of hydrogen-bond donors (Lipinski definition) is 3. The molecule has 4 N–H and O–H groups in total. The van der Waals surface area contributed by atoms with Gasteiger partial charge in [0.2, 0.25) is 0 Å². The number of hydrogen-bond acceptors (Lipinski definition) is 2. The molecule has 0 aromatic carbocycles. The first-order valence-corrected chi connectivity index (χ1v) is 4.98. The van der Waals surface area contributed by atoms with Crippen molar-refractivity contribution in [3.05, 3.63) is 0 Å². The third-order valence-corrected chi connectivity index (χ3v) is 2.71. The van der Waals surface area contributed by atoms with E-state index in [1.807, 2.05) is 0 Å². The highest BCUT2D eigenvalue weighted by molar-refractivity contribution is 7.80. The van der Waals surface area contributed by atoms with Gasteiger partial charge in [-0.2, -0.15) is 0 Å². The molecule has 1 rings (SSSR count). The van der Waals surface area contributed by atoms with E-state index in [1.165, 1.54) is 32.1 Å². The second-order valence-corrected chi connectivity index (χ2v) is 3.75. The van der Waals surface area contributed by atoms with Crippen molar-refractivity contribution >= 4 is 17.3 Å². The first-order valence-electron chi connectivity index (χ1n) is 4.57. The molecule has 3 nitrogen and oxygen atoms in total. The summed E-state index contributed by atoms with van der Waals surface area (Å²) in [5, 5.41) is 3.60. The molecule has 0 bridgehead atoms. The molecule has 4 heteroatoms. The Morgan fingerprint density at radius 2 is 2.08 bits per heavy atom. The van der Waals surface area contributed by atoms with Gasteiger partial charge in [0.25, 0.3) is 0 Å². The van der Waals surface area contributed by atoms with Crippen molar-refractivity contribution in [1.82, 2.24) is 10.7 Å². The second kappa shape index (κ2) is 5.32. The van der Waals surface area contributed by atoms with Gasteiger partial charge in [0, 0.05) is 6.54 Å². The summed E-state index contributed by atoms with van der Waals surface area (Å²) in [6.07, 6.45) is 6.82. The molecule has 1 saturated carbocycles. The van der Waals surface area contributed by atoms with Crippen LogP contribution in [-0.4, -0.2) is 11.7 Å². The fraction of sp³-hybridized carbons (Fsp3) is 0.875. The predicted octanol–water partition coefficient (Wildman–Crippen LogP) is 0.904. The maximum absolute atomic E-state index is 5.11. The van der Waals surface area contributed by atoms with Crippen LogP contribution in [0.2, 0.25) is 0 Å². The van der Waals surface area contributed by atoms with Crippen LogP contribution >= 0.6 is 12.2 Å². The molecule has 0 saturated heterocycles. The summed E-state index contributed by atoms with van der Waals surface area (Å²) in [4.78, 5) is 0. The number of nitrogens with two attached hydrogens (primary N) is 1. The topological polar surface area (TPSA) is 50.1 Å². The summed E-state index contributed by atoms with van der Waals surface area (Å²) < 4.78 is 0. The summed E-state index contributed by atoms with van der Waals surface area (Å²) in [5.41, 5.74) is 2.41. The molecule has 0 radical (unpaired) electrons. The van der Waals surface area contributed by atoms with Gasteiger partial charge in [-0.25, -0.2) is 5.84 Å². The molecule has 0 heterocycles. The van der Waals surface area contributed by atoms with Gasteiger partial charge in [0.1, 0.15) is 0 Å². The summed E-state index contributed by atoms with van der Waals surface area (Å²) in [6.45, 7) is 0.952. The molecule has 12 heavy (non-hydrogen) atoms. The van der Waals surface area contributed by atoms with Crippen LogP contribution in [0, 0.1) is 5.92 Å². The largest absolute Gasteiger partial charge is 0.362 e. The zero-order valence-corrected chi connectivity index (χ0v) is 8.12. The third kappa shape index (κ3) is 3.36. The first-order chi connectivity index (χ1) is 5.83. The van der Waals surface area contributed by atoms with Crippen molar-refractivity contribution in [1.29, 1.82) is 0 Å². The highest BCUT2D eigenvalue weighted by Gasteiger charge is 2.13. The van der Waals surface area contributed by atoms with Crippen LogP contribution in [0.4, 0.5) is 0 Å². The Labute approximate surface area is 79.1 Å². The number of rotatable bonds is 3. The Kier molecular flexibility index (Phi) is 4.32. The van der Waals surface area contributed by atoms with E-state index >= 15 is 0 Å². The highest BCUT2D eigenvalue weighted by atomic mass is 32.1. The average Bonchev–Trinajstić information content (AvgIpc) is 2.57. The summed E-state index contributed by atoms with van der Waals surface area (Å²) >= 11 is 4.85. The minimum atomic E-state index is 0.549. The maximum Gasteiger partial charge on any atom is 0.180 e. The lowest BCUT2D eigenvalue weighted by molar-refractivity contribution is 0.499. The van der Waals surface area contributed by atoms with Crippen molar-refractivity contribution in [2.45, 2.75) is 32.1 Å². The Balaban J connectivity index is 1.97. The standard InChI is InChI=1S/C8H17N3S/c9-11-8(12)10-6-5-7-3-1-2-4-7/h7H,1-6,9H2,(H2,10,11,12). The second-order valence-electron chi connectivity index (χ2n) is 3.34. The summed E-state index contributed by atoms with van der Waals surface area (Å²) in [7, 11) is 0. The van der Waals surface area contributed by atoms with Crippen LogP contribution in [0.3, 0.4) is 0 Å². The molecular formula is C8H17N3S. The van der Waals surface area contributed by atoms with E-state index in [2.05, 4.69) is 10.7 Å². The molecule has 0 aliphatic heterocycles. The molecule has 0 unspecified atom stereocenters. The normalized spacial score (nSPS) is 17.8. The van der Waals surface area contributed by atoms with Crippen LogP contribution in [0.1, 0.15) is 32.1 Å². The molecule has 70 valence electrons. The Morgan fingerprint density at radius 1 is 1.42 bits per heavy atom. The van der Waals surface area contributed by atoms with Gasteiger partial charge in [0.15, 0.2) is 5.11 Å². The lowest BCUT2D eigenvalue weighted by atomic mass is 10.0. The van der Waals surface area contributed by atoms with E-state index in [0.29, 0.717) is 5.11 Å². The van der Waals surface area contributed by atoms with Gasteiger partial charge in [-0.3, -0.25) is 0 Å². The van der Waals surface area contributed by atoms with Gasteiger partial charge in [-0.1, -0.05) is 25.7 Å². The van der Waals surface area contributed by atoms with Gasteiger partial charge >= 0.3 is 0 Å². The van der Waals surface area contributed by atoms with Crippen LogP contribution in [0.15, 0.2) is 0 Å². The Bertz CT molecular complexity index is 143. The first kappa shape index (κ1) is 9.74. The van der Waals surface area contributed by atoms with E-state index in [4.69, 9.17) is 18.1 Å². The van der Waals surface area contributed by atoms with Crippen molar-refractivity contribution in [2.75, 3.05) is 6.54 Å². The zero-order chi connectivity index (χ0) is 8.81. The quantitative estimate of drug-likeness (QED) is 0.349. The Morgan fingerprint density at radius 3 is 2.67 bits per heavy atom.